The minimum absolute atomic E-state index is 0.332. The third-order valence-corrected chi connectivity index (χ3v) is 30.5. The average molecular weight is 1100 g/mol. The summed E-state index contributed by atoms with van der Waals surface area (Å²) in [5, 5.41) is 17.7. The lowest BCUT2D eigenvalue weighted by molar-refractivity contribution is -0.262. The number of ether oxygens (including phenoxy) is 2. The Labute approximate surface area is 436 Å². The van der Waals surface area contributed by atoms with E-state index >= 15 is 0 Å². The van der Waals surface area contributed by atoms with Crippen molar-refractivity contribution in [3.63, 3.8) is 0 Å². The molecule has 1 aliphatic heterocycles. The normalized spacial score (nSPS) is 20.8. The highest BCUT2D eigenvalue weighted by molar-refractivity contribution is 14.1. The molecule has 0 spiro atoms. The third kappa shape index (κ3) is 10.4. The number of benzene rings is 6. The van der Waals surface area contributed by atoms with Crippen LogP contribution in [0.2, 0.25) is 15.1 Å². The van der Waals surface area contributed by atoms with E-state index in [-0.39, 0.29) is 15.1 Å². The Kier molecular flexibility index (Phi) is 16.9. The van der Waals surface area contributed by atoms with Gasteiger partial charge < -0.3 is 27.9 Å². The largest absolute Gasteiger partial charge is 0.400 e. The monoisotopic (exact) mass is 1100 g/mol. The Morgan fingerprint density at radius 3 is 1.07 bits per heavy atom. The molecule has 1 saturated heterocycles. The first-order chi connectivity index (χ1) is 33.2. The van der Waals surface area contributed by atoms with Gasteiger partial charge in [-0.1, -0.05) is 273 Å². The minimum Gasteiger partial charge on any atom is -0.400 e. The lowest BCUT2D eigenvalue weighted by Crippen LogP contribution is -2.74. The number of aliphatic hydroxyl groups is 1. The van der Waals surface area contributed by atoms with Gasteiger partial charge in [-0.25, -0.2) is 0 Å². The van der Waals surface area contributed by atoms with Crippen molar-refractivity contribution in [1.82, 2.24) is 0 Å². The fourth-order valence-electron chi connectivity index (χ4n) is 10.8. The van der Waals surface area contributed by atoms with Crippen LogP contribution in [0, 0.1) is 12.3 Å². The van der Waals surface area contributed by atoms with Crippen LogP contribution in [0.25, 0.3) is 0 Å². The highest BCUT2D eigenvalue weighted by Gasteiger charge is 2.60. The van der Waals surface area contributed by atoms with Gasteiger partial charge in [0.1, 0.15) is 12.2 Å². The predicted molar refractivity (Wildman–Crippen MR) is 305 cm³/mol. The topological polar surface area (TPSA) is 66.4 Å². The van der Waals surface area contributed by atoms with Crippen molar-refractivity contribution >= 4 is 78.7 Å². The fraction of sp³-hybridized carbons (Fsp3) is 0.367. The SMILES string of the molecule is C#C[C@@H](O[Si](c1ccccc1)(c1ccccc1)C(C)(C)C)[C@H](O[C@@H]1O[C@H](C)[C@@H](O[Si](c2ccccc2)(c2ccccc2)C(C)(C)C)[C@H](O[Si](c2ccccc2)(c2ccccc2)C(C)(C)C)[C@H]1I)[C@@H](C)O. The van der Waals surface area contributed by atoms with Crippen molar-refractivity contribution in [2.75, 3.05) is 0 Å². The molecule has 0 amide bonds. The van der Waals surface area contributed by atoms with Crippen LogP contribution < -0.4 is 31.1 Å². The van der Waals surface area contributed by atoms with E-state index in [9.17, 15) is 5.11 Å². The number of aliphatic hydroxyl groups excluding tert-OH is 1. The van der Waals surface area contributed by atoms with Crippen LogP contribution in [0.1, 0.15) is 76.2 Å². The van der Waals surface area contributed by atoms with Gasteiger partial charge >= 0.3 is 0 Å². The van der Waals surface area contributed by atoms with Gasteiger partial charge in [-0.15, -0.1) is 6.42 Å². The number of hydrogen-bond donors (Lipinski definition) is 1. The number of terminal acetylenes is 1. The first-order valence-electron chi connectivity index (χ1n) is 24.7. The van der Waals surface area contributed by atoms with Crippen LogP contribution >= 0.6 is 22.6 Å². The highest BCUT2D eigenvalue weighted by Crippen LogP contribution is 2.45. The quantitative estimate of drug-likeness (QED) is 0.0451. The van der Waals surface area contributed by atoms with Crippen LogP contribution in [-0.2, 0) is 22.8 Å². The van der Waals surface area contributed by atoms with E-state index in [1.165, 1.54) is 10.4 Å². The lowest BCUT2D eigenvalue weighted by atomic mass is 10.0. The van der Waals surface area contributed by atoms with Crippen molar-refractivity contribution in [2.45, 2.75) is 138 Å². The number of hydrogen-bond acceptors (Lipinski definition) is 6. The van der Waals surface area contributed by atoms with E-state index in [0.717, 1.165) is 20.7 Å². The summed E-state index contributed by atoms with van der Waals surface area (Å²) in [7, 11) is -9.67. The molecule has 0 aliphatic carbocycles. The van der Waals surface area contributed by atoms with Crippen LogP contribution in [0.15, 0.2) is 182 Å². The zero-order valence-corrected chi connectivity index (χ0v) is 48.0. The summed E-state index contributed by atoms with van der Waals surface area (Å²) in [5.74, 6) is 3.00. The van der Waals surface area contributed by atoms with E-state index in [0.29, 0.717) is 0 Å². The van der Waals surface area contributed by atoms with E-state index in [4.69, 9.17) is 29.2 Å². The van der Waals surface area contributed by atoms with Gasteiger partial charge in [-0.2, -0.15) is 0 Å². The maximum Gasteiger partial charge on any atom is 0.262 e. The predicted octanol–water partition coefficient (Wildman–Crippen LogP) is 9.77. The van der Waals surface area contributed by atoms with E-state index in [1.54, 1.807) is 6.92 Å². The molecule has 6 aromatic rings. The minimum atomic E-state index is -3.26. The Balaban J connectivity index is 1.40. The van der Waals surface area contributed by atoms with Crippen molar-refractivity contribution < 1.29 is 27.9 Å². The smallest absolute Gasteiger partial charge is 0.262 e. The van der Waals surface area contributed by atoms with Crippen LogP contribution in [0.4, 0.5) is 0 Å². The van der Waals surface area contributed by atoms with E-state index in [1.807, 2.05) is 12.1 Å². The molecule has 368 valence electrons. The third-order valence-electron chi connectivity index (χ3n) is 14.1. The molecule has 1 heterocycles. The van der Waals surface area contributed by atoms with Crippen LogP contribution in [0.5, 0.6) is 0 Å². The summed E-state index contributed by atoms with van der Waals surface area (Å²) in [4.78, 5) is 0. The molecule has 6 nitrogen and oxygen atoms in total. The van der Waals surface area contributed by atoms with Gasteiger partial charge in [0, 0.05) is 0 Å². The van der Waals surface area contributed by atoms with E-state index < -0.39 is 71.8 Å². The molecule has 70 heavy (non-hydrogen) atoms. The van der Waals surface area contributed by atoms with Gasteiger partial charge in [0.25, 0.3) is 25.0 Å². The first kappa shape index (κ1) is 53.8. The second-order valence-electron chi connectivity index (χ2n) is 21.9. The van der Waals surface area contributed by atoms with Gasteiger partial charge in [-0.05, 0) is 60.1 Å². The molecule has 6 aromatic carbocycles. The fourth-order valence-corrected chi connectivity index (χ4v) is 26.1. The Bertz CT molecular complexity index is 2480. The van der Waals surface area contributed by atoms with Crippen molar-refractivity contribution in [3.05, 3.63) is 182 Å². The molecule has 1 aliphatic rings. The molecule has 0 radical (unpaired) electrons. The summed E-state index contributed by atoms with van der Waals surface area (Å²) in [5.41, 5.74) is 0. The number of halogens is 1. The molecule has 1 fully saturated rings. The van der Waals surface area contributed by atoms with Gasteiger partial charge in [-0.3, -0.25) is 0 Å². The molecule has 0 aromatic heterocycles. The summed E-state index contributed by atoms with van der Waals surface area (Å²) in [6, 6.07) is 63.8. The second-order valence-corrected chi connectivity index (χ2v) is 36.1. The molecule has 7 rings (SSSR count). The van der Waals surface area contributed by atoms with Gasteiger partial charge in [0.15, 0.2) is 6.29 Å². The first-order valence-corrected chi connectivity index (χ1v) is 31.7. The van der Waals surface area contributed by atoms with Crippen molar-refractivity contribution in [1.29, 1.82) is 0 Å². The van der Waals surface area contributed by atoms with Crippen LogP contribution in [-0.4, -0.2) is 76.9 Å². The second kappa shape index (κ2) is 22.0. The van der Waals surface area contributed by atoms with Gasteiger partial charge in [0.2, 0.25) is 0 Å². The maximum atomic E-state index is 12.0. The molecule has 0 bridgehead atoms. The number of alkyl halides is 1. The molecule has 1 N–H and O–H groups in total. The Hall–Kier alpha value is -3.98. The Morgan fingerprint density at radius 1 is 0.514 bits per heavy atom. The maximum absolute atomic E-state index is 12.0. The highest BCUT2D eigenvalue weighted by atomic mass is 127. The zero-order chi connectivity index (χ0) is 50.5. The molecular formula is C60H73IO6Si3. The summed E-state index contributed by atoms with van der Waals surface area (Å²) < 4.78 is 38.0. The zero-order valence-electron chi connectivity index (χ0n) is 42.9. The number of rotatable bonds is 16. The van der Waals surface area contributed by atoms with Crippen molar-refractivity contribution in [3.8, 4) is 12.3 Å². The van der Waals surface area contributed by atoms with Crippen molar-refractivity contribution in [2.24, 2.45) is 0 Å². The molecular weight excluding hydrogens is 1030 g/mol. The molecule has 10 heteroatoms. The van der Waals surface area contributed by atoms with Crippen LogP contribution in [0.3, 0.4) is 0 Å². The lowest BCUT2D eigenvalue weighted by Gasteiger charge is -2.54. The summed E-state index contributed by atoms with van der Waals surface area (Å²) in [6.07, 6.45) is 1.02. The summed E-state index contributed by atoms with van der Waals surface area (Å²) in [6.45, 7) is 24.3. The molecule has 0 saturated carbocycles. The van der Waals surface area contributed by atoms with E-state index in [2.05, 4.69) is 268 Å². The standard InChI is InChI=1S/C60H73IO6Si3/c1-13-52(65-68(58(4,5)6,46-32-20-14-21-33-46)47-34-22-15-23-35-47)54(44(2)62)64-57-53(61)56(67-70(60(10,11)12,50-40-28-18-29-41-50)51-42-30-19-31-43-51)55(45(3)63-57)66-69(59(7,8)9,48-36-24-16-25-37-48)49-38-26-17-27-39-49/h1,14-45,52-57,62H,2-12H3/t44-,45-,52-,53-,54-,55-,56-,57+/m1/s1. The average Bonchev–Trinajstić information content (AvgIpc) is 3.34. The Morgan fingerprint density at radius 2 is 0.800 bits per heavy atom. The molecule has 8 atom stereocenters. The summed E-state index contributed by atoms with van der Waals surface area (Å²) >= 11 is 2.48. The van der Waals surface area contributed by atoms with Gasteiger partial charge in [0.05, 0.1) is 28.3 Å². The molecule has 0 unspecified atom stereocenters.